The molecule has 0 saturated heterocycles. The highest BCUT2D eigenvalue weighted by Crippen LogP contribution is 2.49. The van der Waals surface area contributed by atoms with Crippen LogP contribution in [0.3, 0.4) is 0 Å². The highest BCUT2D eigenvalue weighted by atomic mass is 14.4. The number of hydrogen-bond donors (Lipinski definition) is 0. The first-order valence-electron chi connectivity index (χ1n) is 18.1. The molecule has 3 aromatic carbocycles. The number of fused-ring (bicyclic) bond motifs is 5. The van der Waals surface area contributed by atoms with Crippen LogP contribution in [0.25, 0.3) is 28.4 Å². The van der Waals surface area contributed by atoms with E-state index in [1.165, 1.54) is 60.7 Å². The predicted molar refractivity (Wildman–Crippen MR) is 201 cm³/mol. The van der Waals surface area contributed by atoms with Gasteiger partial charge in [0.05, 0.1) is 0 Å². The molecule has 0 fully saturated rings. The van der Waals surface area contributed by atoms with Gasteiger partial charge in [-0.1, -0.05) is 146 Å². The normalized spacial score (nSPS) is 26.2. The summed E-state index contributed by atoms with van der Waals surface area (Å²) >= 11 is 0. The molecule has 0 bridgehead atoms. The number of aryl methyl sites for hydroxylation is 1. The molecule has 0 radical (unpaired) electrons. The van der Waals surface area contributed by atoms with Crippen LogP contribution in [-0.2, 0) is 6.42 Å². The lowest BCUT2D eigenvalue weighted by atomic mass is 9.63. The molecule has 4 atom stereocenters. The third-order valence-corrected chi connectivity index (χ3v) is 12.0. The zero-order chi connectivity index (χ0) is 31.6. The minimum Gasteiger partial charge on any atom is -0.0839 e. The van der Waals surface area contributed by atoms with Crippen LogP contribution in [0.1, 0.15) is 43.2 Å². The largest absolute Gasteiger partial charge is 0.0839 e. The molecule has 232 valence electrons. The molecule has 7 aliphatic carbocycles. The third kappa shape index (κ3) is 4.35. The van der Waals surface area contributed by atoms with Crippen LogP contribution in [0, 0.1) is 23.7 Å². The molecule has 0 nitrogen and oxygen atoms in total. The van der Waals surface area contributed by atoms with E-state index in [0.29, 0.717) is 17.8 Å². The number of hydrogen-bond acceptors (Lipinski definition) is 0. The Morgan fingerprint density at radius 3 is 1.54 bits per heavy atom. The Balaban J connectivity index is 1.30. The summed E-state index contributed by atoms with van der Waals surface area (Å²) in [5.41, 5.74) is 15.2. The lowest BCUT2D eigenvalue weighted by molar-refractivity contribution is 0.648. The zero-order valence-electron chi connectivity index (χ0n) is 27.4. The van der Waals surface area contributed by atoms with Crippen molar-refractivity contribution in [1.82, 2.24) is 0 Å². The Morgan fingerprint density at radius 1 is 0.417 bits per heavy atom. The molecule has 48 heavy (non-hydrogen) atoms. The Morgan fingerprint density at radius 2 is 0.917 bits per heavy atom. The lowest BCUT2D eigenvalue weighted by Crippen LogP contribution is -2.46. The molecule has 0 amide bonds. The molecule has 0 heterocycles. The molecule has 0 aromatic heterocycles. The molecule has 10 rings (SSSR count). The van der Waals surface area contributed by atoms with E-state index in [9.17, 15) is 0 Å². The highest BCUT2D eigenvalue weighted by molar-refractivity contribution is 5.98. The summed E-state index contributed by atoms with van der Waals surface area (Å²) < 4.78 is 0. The Labute approximate surface area is 283 Å². The standard InChI is InChI=1S/C48H40/c1-3-15-33-29-35(27-25-31(33)13-1)45-37-17-5-9-21-41(37)47(42-22-10-6-18-38(42)45)48-43-23-11-7-19-39(43)46(40-20-8-12-24-44(40)48)36-28-26-32-14-2-4-16-34(32)30-36/h1-3,5-15,17-24,29-30,37,39,41,43H,4,16,25-28H2. The van der Waals surface area contributed by atoms with Crippen LogP contribution < -0.4 is 20.9 Å². The maximum Gasteiger partial charge on any atom is 0.0134 e. The quantitative estimate of drug-likeness (QED) is 0.279. The van der Waals surface area contributed by atoms with Gasteiger partial charge >= 0.3 is 0 Å². The Bertz CT molecular complexity index is 2410. The average molecular weight is 617 g/mol. The van der Waals surface area contributed by atoms with E-state index in [0.717, 1.165) is 32.1 Å². The van der Waals surface area contributed by atoms with Gasteiger partial charge in [0, 0.05) is 23.7 Å². The zero-order valence-corrected chi connectivity index (χ0v) is 27.4. The second kappa shape index (κ2) is 11.3. The molecule has 0 spiro atoms. The van der Waals surface area contributed by atoms with Crippen LogP contribution in [-0.4, -0.2) is 0 Å². The van der Waals surface area contributed by atoms with Gasteiger partial charge in [0.2, 0.25) is 0 Å². The lowest BCUT2D eigenvalue weighted by Gasteiger charge is -2.40. The topological polar surface area (TPSA) is 0 Å². The first-order valence-corrected chi connectivity index (χ1v) is 18.1. The molecular formula is C48H40. The Hall–Kier alpha value is -4.94. The molecule has 0 aliphatic heterocycles. The van der Waals surface area contributed by atoms with Crippen molar-refractivity contribution in [3.63, 3.8) is 0 Å². The van der Waals surface area contributed by atoms with Crippen LogP contribution in [0.4, 0.5) is 0 Å². The van der Waals surface area contributed by atoms with Crippen LogP contribution in [0.5, 0.6) is 0 Å². The van der Waals surface area contributed by atoms with Gasteiger partial charge in [0.1, 0.15) is 0 Å². The Kier molecular flexibility index (Phi) is 6.64. The van der Waals surface area contributed by atoms with E-state index >= 15 is 0 Å². The molecule has 3 aromatic rings. The van der Waals surface area contributed by atoms with Gasteiger partial charge in [0.15, 0.2) is 0 Å². The maximum absolute atomic E-state index is 2.58. The fourth-order valence-corrected chi connectivity index (χ4v) is 9.91. The van der Waals surface area contributed by atoms with E-state index in [1.54, 1.807) is 22.3 Å². The van der Waals surface area contributed by atoms with Crippen molar-refractivity contribution in [3.8, 4) is 0 Å². The average Bonchev–Trinajstić information content (AvgIpc) is 3.16. The summed E-state index contributed by atoms with van der Waals surface area (Å²) in [7, 11) is 0. The van der Waals surface area contributed by atoms with E-state index in [-0.39, 0.29) is 5.92 Å². The van der Waals surface area contributed by atoms with Crippen LogP contribution >= 0.6 is 0 Å². The van der Waals surface area contributed by atoms with Crippen LogP contribution in [0.2, 0.25) is 0 Å². The van der Waals surface area contributed by atoms with E-state index in [4.69, 9.17) is 0 Å². The van der Waals surface area contributed by atoms with E-state index in [1.807, 2.05) is 0 Å². The minimum absolute atomic E-state index is 0.290. The minimum atomic E-state index is 0.290. The maximum atomic E-state index is 2.58. The summed E-state index contributed by atoms with van der Waals surface area (Å²) in [4.78, 5) is 0. The van der Waals surface area contributed by atoms with Crippen molar-refractivity contribution in [2.45, 2.75) is 38.5 Å². The van der Waals surface area contributed by atoms with Gasteiger partial charge in [-0.25, -0.2) is 0 Å². The summed E-state index contributed by atoms with van der Waals surface area (Å²) in [5.74, 6) is 1.23. The predicted octanol–water partition coefficient (Wildman–Crippen LogP) is 8.13. The first kappa shape index (κ1) is 28.1. The van der Waals surface area contributed by atoms with Crippen molar-refractivity contribution >= 4 is 28.4 Å². The molecular weight excluding hydrogens is 577 g/mol. The van der Waals surface area contributed by atoms with Gasteiger partial charge < -0.3 is 0 Å². The molecule has 0 saturated carbocycles. The molecule has 0 N–H and O–H groups in total. The fraction of sp³-hybridized carbons (Fsp3) is 0.208. The fourth-order valence-electron chi connectivity index (χ4n) is 9.91. The second-order valence-corrected chi connectivity index (χ2v) is 14.4. The third-order valence-electron chi connectivity index (χ3n) is 12.0. The van der Waals surface area contributed by atoms with Crippen LogP contribution in [0.15, 0.2) is 162 Å². The van der Waals surface area contributed by atoms with Gasteiger partial charge in [-0.05, 0) is 115 Å². The summed E-state index contributed by atoms with van der Waals surface area (Å²) in [5, 5.41) is 5.71. The summed E-state index contributed by atoms with van der Waals surface area (Å²) in [6.07, 6.45) is 35.8. The van der Waals surface area contributed by atoms with E-state index in [2.05, 4.69) is 146 Å². The second-order valence-electron chi connectivity index (χ2n) is 14.4. The molecule has 7 aliphatic rings. The van der Waals surface area contributed by atoms with Gasteiger partial charge in [-0.3, -0.25) is 0 Å². The SMILES string of the molecule is C1=CC2C(C3=CC4=C(C=CCC4)CC3)=c3ccccc3=C(C3=c4ccccc4=C(C4=Cc5ccccc5CC4)C4C=CC=CC34)C2C=C1. The number of rotatable bonds is 3. The van der Waals surface area contributed by atoms with Crippen molar-refractivity contribution in [2.24, 2.45) is 23.7 Å². The monoisotopic (exact) mass is 616 g/mol. The van der Waals surface area contributed by atoms with Gasteiger partial charge in [0.25, 0.3) is 0 Å². The van der Waals surface area contributed by atoms with Crippen molar-refractivity contribution in [2.75, 3.05) is 0 Å². The smallest absolute Gasteiger partial charge is 0.0134 e. The molecule has 0 heteroatoms. The van der Waals surface area contributed by atoms with Crippen molar-refractivity contribution in [3.05, 3.63) is 194 Å². The number of allylic oxidation sites excluding steroid dienone is 15. The van der Waals surface area contributed by atoms with Crippen molar-refractivity contribution < 1.29 is 0 Å². The van der Waals surface area contributed by atoms with Gasteiger partial charge in [-0.15, -0.1) is 0 Å². The molecule has 4 unspecified atom stereocenters. The summed E-state index contributed by atoms with van der Waals surface area (Å²) in [6, 6.07) is 27.7. The van der Waals surface area contributed by atoms with Gasteiger partial charge in [-0.2, -0.15) is 0 Å². The first-order chi connectivity index (χ1) is 23.8. The summed E-state index contributed by atoms with van der Waals surface area (Å²) in [6.45, 7) is 0. The highest BCUT2D eigenvalue weighted by Gasteiger charge is 2.39. The number of benzene rings is 3. The van der Waals surface area contributed by atoms with E-state index < -0.39 is 0 Å². The van der Waals surface area contributed by atoms with Crippen molar-refractivity contribution in [1.29, 1.82) is 0 Å².